The molecule has 11 heteroatoms. The van der Waals surface area contributed by atoms with Crippen LogP contribution in [-0.4, -0.2) is 61.9 Å². The van der Waals surface area contributed by atoms with Gasteiger partial charge in [0.25, 0.3) is 5.91 Å². The predicted molar refractivity (Wildman–Crippen MR) is 181 cm³/mol. The van der Waals surface area contributed by atoms with Crippen molar-refractivity contribution in [3.05, 3.63) is 88.4 Å². The fourth-order valence-electron chi connectivity index (χ4n) is 7.82. The number of carbonyl (C=O) groups excluding carboxylic acids is 3. The van der Waals surface area contributed by atoms with Gasteiger partial charge in [-0.15, -0.1) is 0 Å². The number of nitrogens with zero attached hydrogens (tertiary/aromatic N) is 3. The van der Waals surface area contributed by atoms with E-state index in [1.807, 2.05) is 79.7 Å². The van der Waals surface area contributed by atoms with Crippen LogP contribution in [0.1, 0.15) is 37.3 Å². The van der Waals surface area contributed by atoms with Crippen molar-refractivity contribution >= 4 is 59.6 Å². The number of ether oxygens (including phenoxy) is 1. The molecule has 3 heterocycles. The van der Waals surface area contributed by atoms with Crippen LogP contribution >= 0.6 is 15.9 Å². The third-order valence-corrected chi connectivity index (χ3v) is 12.9. The van der Waals surface area contributed by atoms with Gasteiger partial charge in [0.1, 0.15) is 0 Å². The molecule has 0 aromatic heterocycles. The number of aliphatic hydroxyl groups is 1. The fraction of sp³-hybridized carbons (Fsp3) is 0.400. The van der Waals surface area contributed by atoms with E-state index in [9.17, 15) is 19.5 Å². The van der Waals surface area contributed by atoms with Gasteiger partial charge in [-0.2, -0.15) is 0 Å². The minimum atomic E-state index is -3.45. The molecule has 5 atom stereocenters. The van der Waals surface area contributed by atoms with Crippen LogP contribution in [0.5, 0.6) is 0 Å². The summed E-state index contributed by atoms with van der Waals surface area (Å²) in [5, 5.41) is 9.81. The normalized spacial score (nSPS) is 25.7. The third kappa shape index (κ3) is 5.61. The Kier molecular flexibility index (Phi) is 8.97. The van der Waals surface area contributed by atoms with Gasteiger partial charge in [-0.05, 0) is 74.0 Å². The lowest BCUT2D eigenvalue weighted by Gasteiger charge is -2.31. The van der Waals surface area contributed by atoms with E-state index in [-0.39, 0.29) is 37.4 Å². The number of aliphatic hydroxyl groups excluding tert-OH is 1. The number of fused-ring (bicyclic) bond motifs is 2. The number of anilines is 3. The van der Waals surface area contributed by atoms with Crippen molar-refractivity contribution in [2.24, 2.45) is 5.92 Å². The van der Waals surface area contributed by atoms with Gasteiger partial charge in [0.2, 0.25) is 20.7 Å². The molecule has 8 nitrogen and oxygen atoms in total. The van der Waals surface area contributed by atoms with Gasteiger partial charge < -0.3 is 23.8 Å². The Labute approximate surface area is 278 Å². The predicted octanol–water partition coefficient (Wildman–Crippen LogP) is 6.44. The first-order valence-electron chi connectivity index (χ1n) is 15.8. The Hall–Kier alpha value is -3.38. The topological polar surface area (TPSA) is 90.4 Å². The maximum atomic E-state index is 16.2. The number of halogens is 2. The SMILES string of the molecule is C[C@H]1[C@H]([Si](C)(C)F)[C@@H](CC(=O)N2CCC[C@H]2CO)O[C@]12C(=O)N(Cc1ccc(N(C=O)c3ccccc3)cc1)c1ccc(Br)cc12. The highest BCUT2D eigenvalue weighted by molar-refractivity contribution is 9.10. The van der Waals surface area contributed by atoms with Crippen molar-refractivity contribution in [3.8, 4) is 0 Å². The van der Waals surface area contributed by atoms with Gasteiger partial charge in [0, 0.05) is 39.4 Å². The summed E-state index contributed by atoms with van der Waals surface area (Å²) in [4.78, 5) is 45.1. The van der Waals surface area contributed by atoms with Crippen LogP contribution < -0.4 is 9.80 Å². The van der Waals surface area contributed by atoms with Crippen molar-refractivity contribution in [1.82, 2.24) is 4.90 Å². The second-order valence-electron chi connectivity index (χ2n) is 13.1. The zero-order chi connectivity index (χ0) is 32.8. The molecule has 242 valence electrons. The molecule has 0 unspecified atom stereocenters. The molecule has 0 aliphatic carbocycles. The summed E-state index contributed by atoms with van der Waals surface area (Å²) in [6.45, 7) is 5.82. The van der Waals surface area contributed by atoms with Crippen molar-refractivity contribution < 1.29 is 28.3 Å². The van der Waals surface area contributed by atoms with Crippen molar-refractivity contribution in [2.75, 3.05) is 23.0 Å². The largest absolute Gasteiger partial charge is 0.394 e. The number of amides is 3. The van der Waals surface area contributed by atoms with E-state index >= 15 is 4.11 Å². The van der Waals surface area contributed by atoms with Crippen LogP contribution in [0, 0.1) is 5.92 Å². The molecule has 2 fully saturated rings. The van der Waals surface area contributed by atoms with E-state index in [1.165, 1.54) is 0 Å². The summed E-state index contributed by atoms with van der Waals surface area (Å²) >= 11 is 3.57. The number of hydrogen-bond donors (Lipinski definition) is 1. The van der Waals surface area contributed by atoms with Gasteiger partial charge >= 0.3 is 0 Å². The number of hydrogen-bond acceptors (Lipinski definition) is 5. The zero-order valence-corrected chi connectivity index (χ0v) is 28.8. The molecule has 1 N–H and O–H groups in total. The maximum Gasteiger partial charge on any atom is 0.264 e. The first-order chi connectivity index (χ1) is 22.0. The Morgan fingerprint density at radius 3 is 2.48 bits per heavy atom. The second-order valence-corrected chi connectivity index (χ2v) is 17.8. The number of carbonyl (C=O) groups is 3. The van der Waals surface area contributed by atoms with Crippen LogP contribution in [0.25, 0.3) is 0 Å². The van der Waals surface area contributed by atoms with Crippen molar-refractivity contribution in [1.29, 1.82) is 0 Å². The van der Waals surface area contributed by atoms with Gasteiger partial charge in [-0.25, -0.2) is 0 Å². The van der Waals surface area contributed by atoms with E-state index < -0.39 is 31.6 Å². The highest BCUT2D eigenvalue weighted by atomic mass is 79.9. The molecule has 3 aliphatic heterocycles. The minimum Gasteiger partial charge on any atom is -0.394 e. The maximum absolute atomic E-state index is 16.2. The number of rotatable bonds is 9. The van der Waals surface area contributed by atoms with E-state index in [0.717, 1.165) is 35.0 Å². The van der Waals surface area contributed by atoms with Crippen LogP contribution in [0.4, 0.5) is 21.2 Å². The summed E-state index contributed by atoms with van der Waals surface area (Å²) in [5.41, 5.74) is 1.58. The number of benzene rings is 3. The minimum absolute atomic E-state index is 0.0413. The molecule has 0 radical (unpaired) electrons. The third-order valence-electron chi connectivity index (χ3n) is 9.90. The summed E-state index contributed by atoms with van der Waals surface area (Å²) in [6.07, 6.45) is 1.49. The van der Waals surface area contributed by atoms with Crippen LogP contribution in [0.3, 0.4) is 0 Å². The molecular formula is C35H39BrFN3O5Si. The van der Waals surface area contributed by atoms with Gasteiger partial charge in [0.05, 0.1) is 37.4 Å². The molecule has 3 aromatic rings. The smallest absolute Gasteiger partial charge is 0.264 e. The quantitative estimate of drug-likeness (QED) is 0.157. The molecule has 3 aromatic carbocycles. The zero-order valence-electron chi connectivity index (χ0n) is 26.2. The van der Waals surface area contributed by atoms with Crippen LogP contribution in [0.15, 0.2) is 77.3 Å². The lowest BCUT2D eigenvalue weighted by molar-refractivity contribution is -0.150. The Bertz CT molecular complexity index is 1620. The van der Waals surface area contributed by atoms with Gasteiger partial charge in [0.15, 0.2) is 5.60 Å². The van der Waals surface area contributed by atoms with E-state index in [4.69, 9.17) is 4.74 Å². The summed E-state index contributed by atoms with van der Waals surface area (Å²) in [5.74, 6) is -0.974. The molecule has 2 saturated heterocycles. The molecule has 0 bridgehead atoms. The highest BCUT2D eigenvalue weighted by Gasteiger charge is 2.67. The first kappa shape index (κ1) is 32.6. The average Bonchev–Trinajstić information content (AvgIpc) is 3.69. The first-order valence-corrected chi connectivity index (χ1v) is 19.5. The lowest BCUT2D eigenvalue weighted by atomic mass is 9.82. The van der Waals surface area contributed by atoms with Crippen LogP contribution in [0.2, 0.25) is 18.6 Å². The number of likely N-dealkylation sites (tertiary alicyclic amines) is 1. The Morgan fingerprint density at radius 2 is 1.83 bits per heavy atom. The summed E-state index contributed by atoms with van der Waals surface area (Å²) < 4.78 is 23.7. The van der Waals surface area contributed by atoms with Crippen molar-refractivity contribution in [3.63, 3.8) is 0 Å². The lowest BCUT2D eigenvalue weighted by Crippen LogP contribution is -2.45. The number of para-hydroxylation sites is 1. The molecule has 3 amide bonds. The molecule has 6 rings (SSSR count). The van der Waals surface area contributed by atoms with E-state index in [2.05, 4.69) is 15.9 Å². The summed E-state index contributed by atoms with van der Waals surface area (Å²) in [7, 11) is -3.45. The monoisotopic (exact) mass is 707 g/mol. The van der Waals surface area contributed by atoms with E-state index in [0.29, 0.717) is 23.5 Å². The van der Waals surface area contributed by atoms with E-state index in [1.54, 1.807) is 27.8 Å². The molecular weight excluding hydrogens is 669 g/mol. The molecule has 46 heavy (non-hydrogen) atoms. The van der Waals surface area contributed by atoms with Crippen molar-refractivity contribution in [2.45, 2.75) is 69.1 Å². The Morgan fingerprint density at radius 1 is 1.13 bits per heavy atom. The average molecular weight is 709 g/mol. The summed E-state index contributed by atoms with van der Waals surface area (Å²) in [6, 6.07) is 22.2. The molecule has 1 spiro atoms. The molecule has 3 aliphatic rings. The fourth-order valence-corrected chi connectivity index (χ4v) is 10.7. The Balaban J connectivity index is 1.32. The van der Waals surface area contributed by atoms with Gasteiger partial charge in [-0.1, -0.05) is 53.2 Å². The second kappa shape index (κ2) is 12.7. The highest BCUT2D eigenvalue weighted by Crippen LogP contribution is 2.60. The standard InChI is InChI=1S/C35H39BrFN3O5Si/c1-23-33(46(2,3)37)31(19-32(43)38-17-7-10-28(38)21-41)45-35(23)29-18-25(36)13-16-30(29)39(34(35)44)20-24-11-14-27(15-12-24)40(22-42)26-8-5-4-6-9-26/h4-6,8-9,11-16,18,22-23,28,31,33,41H,7,10,17,19-21H2,1-3H3/t23-,28-,31+,33-,35+/m0/s1. The van der Waals surface area contributed by atoms with Gasteiger partial charge in [-0.3, -0.25) is 19.3 Å². The molecule has 0 saturated carbocycles. The van der Waals surface area contributed by atoms with Crippen LogP contribution in [-0.2, 0) is 31.3 Å².